The summed E-state index contributed by atoms with van der Waals surface area (Å²) in [6, 6.07) is 0. The first-order valence-corrected chi connectivity index (χ1v) is 8.68. The predicted octanol–water partition coefficient (Wildman–Crippen LogP) is 4.27. The van der Waals surface area contributed by atoms with Gasteiger partial charge >= 0.3 is 5.97 Å². The van der Waals surface area contributed by atoms with Crippen LogP contribution in [0.4, 0.5) is 0 Å². The molecule has 0 spiro atoms. The van der Waals surface area contributed by atoms with Crippen molar-refractivity contribution in [1.29, 1.82) is 0 Å². The van der Waals surface area contributed by atoms with Crippen molar-refractivity contribution < 1.29 is 29.5 Å². The average Bonchev–Trinajstić information content (AvgIpc) is 2.52. The molecule has 6 nitrogen and oxygen atoms in total. The zero-order chi connectivity index (χ0) is 17.9. The summed E-state index contributed by atoms with van der Waals surface area (Å²) in [5.41, 5.74) is -2.07. The van der Waals surface area contributed by atoms with E-state index < -0.39 is 23.3 Å². The quantitative estimate of drug-likeness (QED) is 0.290. The number of hydrogen-bond acceptors (Lipinski definition) is 5. The van der Waals surface area contributed by atoms with Crippen LogP contribution in [0.1, 0.15) is 80.1 Å². The van der Waals surface area contributed by atoms with Gasteiger partial charge in [0.2, 0.25) is 5.60 Å². The maximum absolute atomic E-state index is 11.9. The van der Waals surface area contributed by atoms with Crippen molar-refractivity contribution in [3.63, 3.8) is 0 Å². The molecule has 0 heterocycles. The summed E-state index contributed by atoms with van der Waals surface area (Å²) in [5, 5.41) is 9.72. The third kappa shape index (κ3) is 7.16. The first-order valence-electron chi connectivity index (χ1n) is 8.68. The van der Waals surface area contributed by atoms with E-state index in [9.17, 15) is 9.90 Å². The molecule has 0 aromatic rings. The number of carbonyl (C=O) groups is 1. The van der Waals surface area contributed by atoms with E-state index in [0.717, 1.165) is 25.7 Å². The van der Waals surface area contributed by atoms with Gasteiger partial charge in [-0.25, -0.2) is 24.3 Å². The molecule has 0 amide bonds. The Hall–Kier alpha value is -0.690. The van der Waals surface area contributed by atoms with E-state index in [1.165, 1.54) is 0 Å². The molecule has 0 aliphatic rings. The van der Waals surface area contributed by atoms with Crippen LogP contribution < -0.4 is 0 Å². The number of carboxylic acid groups (broad SMARTS) is 1. The highest BCUT2D eigenvalue weighted by Crippen LogP contribution is 2.30. The van der Waals surface area contributed by atoms with Crippen LogP contribution in [0, 0.1) is 0 Å². The summed E-state index contributed by atoms with van der Waals surface area (Å²) >= 11 is 0. The van der Waals surface area contributed by atoms with E-state index in [1.807, 2.05) is 34.6 Å². The fourth-order valence-electron chi connectivity index (χ4n) is 1.88. The van der Waals surface area contributed by atoms with Gasteiger partial charge in [0, 0.05) is 0 Å². The minimum atomic E-state index is -1.58. The van der Waals surface area contributed by atoms with E-state index in [4.69, 9.17) is 19.6 Å². The smallest absolute Gasteiger partial charge is 0.342 e. The van der Waals surface area contributed by atoms with Crippen molar-refractivity contribution in [2.24, 2.45) is 0 Å². The van der Waals surface area contributed by atoms with E-state index in [2.05, 4.69) is 0 Å². The van der Waals surface area contributed by atoms with Crippen LogP contribution in [0.15, 0.2) is 0 Å². The zero-order valence-corrected chi connectivity index (χ0v) is 15.5. The molecule has 0 saturated carbocycles. The van der Waals surface area contributed by atoms with Crippen LogP contribution in [-0.4, -0.2) is 35.0 Å². The van der Waals surface area contributed by atoms with Gasteiger partial charge in [-0.1, -0.05) is 40.5 Å². The molecule has 0 aliphatic carbocycles. The van der Waals surface area contributed by atoms with E-state index in [0.29, 0.717) is 13.0 Å². The molecule has 1 N–H and O–H groups in total. The minimum absolute atomic E-state index is 0.217. The lowest BCUT2D eigenvalue weighted by Crippen LogP contribution is -2.53. The fourth-order valence-corrected chi connectivity index (χ4v) is 1.88. The van der Waals surface area contributed by atoms with Crippen LogP contribution in [0.5, 0.6) is 0 Å². The number of unbranched alkanes of at least 4 members (excludes halogenated alkanes) is 1. The third-order valence-electron chi connectivity index (χ3n) is 3.99. The first kappa shape index (κ1) is 22.3. The second-order valence-electron chi connectivity index (χ2n) is 6.38. The molecule has 23 heavy (non-hydrogen) atoms. The Morgan fingerprint density at radius 3 is 2.13 bits per heavy atom. The van der Waals surface area contributed by atoms with Crippen LogP contribution >= 0.6 is 0 Å². The highest BCUT2D eigenvalue weighted by molar-refractivity contribution is 5.78. The molecule has 138 valence electrons. The van der Waals surface area contributed by atoms with Gasteiger partial charge in [0.15, 0.2) is 0 Å². The summed E-state index contributed by atoms with van der Waals surface area (Å²) in [5.74, 6) is -1.10. The number of rotatable bonds is 14. The molecule has 2 unspecified atom stereocenters. The molecule has 0 bridgehead atoms. The van der Waals surface area contributed by atoms with Crippen molar-refractivity contribution >= 4 is 5.97 Å². The number of aliphatic carboxylic acids is 1. The summed E-state index contributed by atoms with van der Waals surface area (Å²) in [4.78, 5) is 33.4. The summed E-state index contributed by atoms with van der Waals surface area (Å²) < 4.78 is 0. The molecule has 0 fully saturated rings. The lowest BCUT2D eigenvalue weighted by Gasteiger charge is -2.35. The Labute approximate surface area is 140 Å². The Balaban J connectivity index is 5.11. The predicted molar refractivity (Wildman–Crippen MR) is 87.8 cm³/mol. The van der Waals surface area contributed by atoms with Crippen LogP contribution in [-0.2, 0) is 24.3 Å². The van der Waals surface area contributed by atoms with E-state index in [-0.39, 0.29) is 6.42 Å². The fraction of sp³-hybridized carbons (Fsp3) is 0.941. The molecule has 0 saturated heterocycles. The monoisotopic (exact) mass is 334 g/mol. The molecule has 0 aliphatic heterocycles. The molecule has 6 heteroatoms. The molecular formula is C17H34O6. The normalized spacial score (nSPS) is 16.1. The topological polar surface area (TPSA) is 74.2 Å². The third-order valence-corrected chi connectivity index (χ3v) is 3.99. The molecular weight excluding hydrogens is 300 g/mol. The van der Waals surface area contributed by atoms with Crippen molar-refractivity contribution in [1.82, 2.24) is 0 Å². The van der Waals surface area contributed by atoms with Gasteiger partial charge in [0.05, 0.1) is 12.2 Å². The largest absolute Gasteiger partial charge is 0.479 e. The molecule has 0 rings (SSSR count). The van der Waals surface area contributed by atoms with E-state index >= 15 is 0 Å². The second-order valence-corrected chi connectivity index (χ2v) is 6.38. The van der Waals surface area contributed by atoms with Gasteiger partial charge in [-0.3, -0.25) is 0 Å². The van der Waals surface area contributed by atoms with Gasteiger partial charge in [-0.2, -0.15) is 0 Å². The second kappa shape index (κ2) is 11.0. The van der Waals surface area contributed by atoms with Crippen molar-refractivity contribution in [2.75, 3.05) is 6.61 Å². The Bertz CT molecular complexity index is 331. The zero-order valence-electron chi connectivity index (χ0n) is 15.5. The molecule has 0 aromatic carbocycles. The number of hydrogen-bond donors (Lipinski definition) is 1. The Morgan fingerprint density at radius 1 is 1.04 bits per heavy atom. The molecule has 2 atom stereocenters. The lowest BCUT2D eigenvalue weighted by molar-refractivity contribution is -0.436. The molecule has 0 radical (unpaired) electrons. The summed E-state index contributed by atoms with van der Waals surface area (Å²) in [6.45, 7) is 11.8. The maximum atomic E-state index is 11.9. The summed E-state index contributed by atoms with van der Waals surface area (Å²) in [6.07, 6.45) is 3.20. The standard InChI is InChI=1S/C17H34O6/c1-7-11-13-20-23-17(10-4,15(18)19)14(12-8-2)21-22-16(5,6)9-3/h14H,7-13H2,1-6H3,(H,18,19). The van der Waals surface area contributed by atoms with Gasteiger partial charge < -0.3 is 5.11 Å². The van der Waals surface area contributed by atoms with Gasteiger partial charge in [-0.15, -0.1) is 0 Å². The van der Waals surface area contributed by atoms with Crippen LogP contribution in [0.25, 0.3) is 0 Å². The van der Waals surface area contributed by atoms with E-state index in [1.54, 1.807) is 6.92 Å². The molecule has 0 aromatic heterocycles. The van der Waals surface area contributed by atoms with Crippen LogP contribution in [0.2, 0.25) is 0 Å². The highest BCUT2D eigenvalue weighted by atomic mass is 17.2. The highest BCUT2D eigenvalue weighted by Gasteiger charge is 2.49. The van der Waals surface area contributed by atoms with Crippen LogP contribution in [0.3, 0.4) is 0 Å². The van der Waals surface area contributed by atoms with Crippen molar-refractivity contribution in [3.8, 4) is 0 Å². The first-order chi connectivity index (χ1) is 10.8. The van der Waals surface area contributed by atoms with Crippen molar-refractivity contribution in [3.05, 3.63) is 0 Å². The lowest BCUT2D eigenvalue weighted by atomic mass is 9.90. The Morgan fingerprint density at radius 2 is 1.70 bits per heavy atom. The van der Waals surface area contributed by atoms with Crippen molar-refractivity contribution in [2.45, 2.75) is 97.4 Å². The number of carboxylic acids is 1. The average molecular weight is 334 g/mol. The summed E-state index contributed by atoms with van der Waals surface area (Å²) in [7, 11) is 0. The van der Waals surface area contributed by atoms with Gasteiger partial charge in [0.25, 0.3) is 0 Å². The van der Waals surface area contributed by atoms with Gasteiger partial charge in [0.1, 0.15) is 6.10 Å². The Kier molecular flexibility index (Phi) is 10.6. The van der Waals surface area contributed by atoms with Gasteiger partial charge in [-0.05, 0) is 39.5 Å². The SMILES string of the molecule is CCCCOOC(CC)(C(=O)O)C(CCC)OOC(C)(C)CC. The minimum Gasteiger partial charge on any atom is -0.479 e. The maximum Gasteiger partial charge on any atom is 0.342 e.